The first-order valence-electron chi connectivity index (χ1n) is 11.1. The maximum Gasteiger partial charge on any atom is 0.326 e. The molecule has 0 aliphatic rings. The van der Waals surface area contributed by atoms with E-state index in [1.54, 1.807) is 11.8 Å². The lowest BCUT2D eigenvalue weighted by molar-refractivity contribution is -0.143. The standard InChI is InChI=1S/C21H34N6O7S2/c1-35-7-5-13(22)18(30)25-14(6-8-36-2)19(31)27-16(9-12-10-23-11-24-12)20(32)26-15(21(33)34)3-4-17(28)29/h10-11,13-16H,3-9,22H2,1-2H3,(H,23,24)(H,25,30)(H,26,32)(H,27,31)(H,28,29)(H,33,34). The Morgan fingerprint density at radius 2 is 1.50 bits per heavy atom. The second-order valence-electron chi connectivity index (χ2n) is 7.90. The number of carboxylic acids is 2. The molecule has 0 aliphatic carbocycles. The molecule has 4 unspecified atom stereocenters. The molecule has 8 N–H and O–H groups in total. The average Bonchev–Trinajstić information content (AvgIpc) is 3.34. The lowest BCUT2D eigenvalue weighted by Crippen LogP contribution is -2.57. The summed E-state index contributed by atoms with van der Waals surface area (Å²) in [6, 6.07) is -4.44. The van der Waals surface area contributed by atoms with E-state index in [9.17, 15) is 29.1 Å². The van der Waals surface area contributed by atoms with E-state index in [-0.39, 0.29) is 19.3 Å². The van der Waals surface area contributed by atoms with E-state index in [1.165, 1.54) is 24.3 Å². The minimum Gasteiger partial charge on any atom is -0.481 e. The number of imidazole rings is 1. The molecular formula is C21H34N6O7S2. The topological polar surface area (TPSA) is 217 Å². The lowest BCUT2D eigenvalue weighted by Gasteiger charge is -2.25. The van der Waals surface area contributed by atoms with Crippen molar-refractivity contribution < 1.29 is 34.2 Å². The van der Waals surface area contributed by atoms with Crippen LogP contribution in [-0.4, -0.2) is 98.0 Å². The fraction of sp³-hybridized carbons (Fsp3) is 0.619. The van der Waals surface area contributed by atoms with E-state index in [0.29, 0.717) is 23.6 Å². The molecule has 1 aromatic rings. The van der Waals surface area contributed by atoms with E-state index in [0.717, 1.165) is 0 Å². The largest absolute Gasteiger partial charge is 0.481 e. The smallest absolute Gasteiger partial charge is 0.326 e. The number of aromatic amines is 1. The molecule has 0 bridgehead atoms. The van der Waals surface area contributed by atoms with Gasteiger partial charge >= 0.3 is 11.9 Å². The minimum atomic E-state index is -1.46. The normalized spacial score (nSPS) is 14.2. The van der Waals surface area contributed by atoms with E-state index in [4.69, 9.17) is 10.8 Å². The number of rotatable bonds is 18. The molecule has 202 valence electrons. The summed E-state index contributed by atoms with van der Waals surface area (Å²) in [6.45, 7) is 0. The lowest BCUT2D eigenvalue weighted by atomic mass is 10.1. The first-order chi connectivity index (χ1) is 17.1. The van der Waals surface area contributed by atoms with Crippen LogP contribution in [0.4, 0.5) is 0 Å². The molecule has 1 rings (SSSR count). The van der Waals surface area contributed by atoms with Gasteiger partial charge in [0, 0.05) is 24.7 Å². The van der Waals surface area contributed by atoms with E-state index in [1.807, 2.05) is 12.5 Å². The maximum atomic E-state index is 13.1. The zero-order chi connectivity index (χ0) is 27.1. The van der Waals surface area contributed by atoms with Crippen molar-refractivity contribution in [2.24, 2.45) is 5.73 Å². The van der Waals surface area contributed by atoms with Gasteiger partial charge in [-0.3, -0.25) is 19.2 Å². The van der Waals surface area contributed by atoms with Crippen LogP contribution in [0.2, 0.25) is 0 Å². The summed E-state index contributed by atoms with van der Waals surface area (Å²) in [5.41, 5.74) is 6.42. The second kappa shape index (κ2) is 16.8. The predicted octanol–water partition coefficient (Wildman–Crippen LogP) is -0.810. The van der Waals surface area contributed by atoms with Gasteiger partial charge in [0.1, 0.15) is 18.1 Å². The Morgan fingerprint density at radius 3 is 2.06 bits per heavy atom. The molecule has 0 fully saturated rings. The van der Waals surface area contributed by atoms with Crippen molar-refractivity contribution in [2.45, 2.75) is 56.3 Å². The van der Waals surface area contributed by atoms with Gasteiger partial charge in [0.05, 0.1) is 12.4 Å². The Morgan fingerprint density at radius 1 is 0.917 bits per heavy atom. The number of aromatic nitrogens is 2. The number of carbonyl (C=O) groups excluding carboxylic acids is 3. The molecule has 13 nitrogen and oxygen atoms in total. The van der Waals surface area contributed by atoms with Crippen LogP contribution in [0.15, 0.2) is 12.5 Å². The molecule has 36 heavy (non-hydrogen) atoms. The fourth-order valence-corrected chi connectivity index (χ4v) is 4.02. The number of nitrogens with one attached hydrogen (secondary N) is 4. The van der Waals surface area contributed by atoms with Crippen molar-refractivity contribution in [1.29, 1.82) is 0 Å². The number of nitrogens with zero attached hydrogens (tertiary/aromatic N) is 1. The number of hydrogen-bond acceptors (Lipinski definition) is 9. The molecule has 0 aromatic carbocycles. The summed E-state index contributed by atoms with van der Waals surface area (Å²) >= 11 is 3.02. The summed E-state index contributed by atoms with van der Waals surface area (Å²) in [6.07, 6.45) is 6.44. The summed E-state index contributed by atoms with van der Waals surface area (Å²) < 4.78 is 0. The number of nitrogens with two attached hydrogens (primary N) is 1. The summed E-state index contributed by atoms with van der Waals surface area (Å²) in [7, 11) is 0. The number of hydrogen-bond donors (Lipinski definition) is 7. The van der Waals surface area contributed by atoms with Crippen LogP contribution in [0.5, 0.6) is 0 Å². The Hall–Kier alpha value is -2.78. The zero-order valence-electron chi connectivity index (χ0n) is 20.2. The van der Waals surface area contributed by atoms with Crippen LogP contribution in [0.25, 0.3) is 0 Å². The summed E-state index contributed by atoms with van der Waals surface area (Å²) in [4.78, 5) is 67.6. The Kier molecular flexibility index (Phi) is 14.6. The third-order valence-electron chi connectivity index (χ3n) is 5.09. The Bertz CT molecular complexity index is 871. The van der Waals surface area contributed by atoms with Gasteiger partial charge in [-0.1, -0.05) is 0 Å². The van der Waals surface area contributed by atoms with Crippen molar-refractivity contribution in [1.82, 2.24) is 25.9 Å². The van der Waals surface area contributed by atoms with Crippen molar-refractivity contribution in [2.75, 3.05) is 24.0 Å². The summed E-state index contributed by atoms with van der Waals surface area (Å²) in [5, 5.41) is 25.7. The molecular weight excluding hydrogens is 512 g/mol. The highest BCUT2D eigenvalue weighted by molar-refractivity contribution is 7.98. The van der Waals surface area contributed by atoms with E-state index < -0.39 is 60.2 Å². The van der Waals surface area contributed by atoms with E-state index in [2.05, 4.69) is 25.9 Å². The number of amides is 3. The first kappa shape index (κ1) is 31.3. The molecule has 0 saturated heterocycles. The van der Waals surface area contributed by atoms with Gasteiger partial charge < -0.3 is 36.9 Å². The van der Waals surface area contributed by atoms with Crippen LogP contribution in [-0.2, 0) is 30.4 Å². The number of carboxylic acid groups (broad SMARTS) is 2. The molecule has 1 aromatic heterocycles. The second-order valence-corrected chi connectivity index (χ2v) is 9.88. The van der Waals surface area contributed by atoms with Crippen molar-refractivity contribution in [3.63, 3.8) is 0 Å². The average molecular weight is 547 g/mol. The highest BCUT2D eigenvalue weighted by Gasteiger charge is 2.30. The predicted molar refractivity (Wildman–Crippen MR) is 137 cm³/mol. The van der Waals surface area contributed by atoms with Crippen LogP contribution >= 0.6 is 23.5 Å². The Balaban J connectivity index is 3.01. The van der Waals surface area contributed by atoms with Gasteiger partial charge in [0.2, 0.25) is 17.7 Å². The van der Waals surface area contributed by atoms with E-state index >= 15 is 0 Å². The molecule has 0 aliphatic heterocycles. The molecule has 4 atom stereocenters. The molecule has 1 heterocycles. The third kappa shape index (κ3) is 11.8. The summed E-state index contributed by atoms with van der Waals surface area (Å²) in [5.74, 6) is -3.32. The van der Waals surface area contributed by atoms with Gasteiger partial charge in [-0.2, -0.15) is 23.5 Å². The van der Waals surface area contributed by atoms with Crippen LogP contribution in [0.3, 0.4) is 0 Å². The number of H-pyrrole nitrogens is 1. The SMILES string of the molecule is CSCCC(N)C(=O)NC(CCSC)C(=O)NC(Cc1cnc[nH]1)C(=O)NC(CCC(=O)O)C(=O)O. The van der Waals surface area contributed by atoms with Crippen molar-refractivity contribution in [3.05, 3.63) is 18.2 Å². The number of thioether (sulfide) groups is 2. The molecule has 0 radical (unpaired) electrons. The number of aliphatic carboxylic acids is 2. The molecule has 0 saturated carbocycles. The Labute approximate surface area is 217 Å². The fourth-order valence-electron chi connectivity index (χ4n) is 3.05. The molecule has 0 spiro atoms. The van der Waals surface area contributed by atoms with Crippen molar-refractivity contribution >= 4 is 53.2 Å². The van der Waals surface area contributed by atoms with Gasteiger partial charge in [-0.05, 0) is 43.3 Å². The molecule has 3 amide bonds. The zero-order valence-corrected chi connectivity index (χ0v) is 21.8. The van der Waals surface area contributed by atoms with Crippen molar-refractivity contribution in [3.8, 4) is 0 Å². The van der Waals surface area contributed by atoms with Gasteiger partial charge in [-0.15, -0.1) is 0 Å². The first-order valence-corrected chi connectivity index (χ1v) is 13.9. The van der Waals surface area contributed by atoms with Gasteiger partial charge in [0.15, 0.2) is 0 Å². The van der Waals surface area contributed by atoms with Crippen LogP contribution in [0, 0.1) is 0 Å². The third-order valence-corrected chi connectivity index (χ3v) is 6.37. The highest BCUT2D eigenvalue weighted by atomic mass is 32.2. The van der Waals surface area contributed by atoms with Gasteiger partial charge in [0.25, 0.3) is 0 Å². The minimum absolute atomic E-state index is 0.0424. The number of carbonyl (C=O) groups is 5. The van der Waals surface area contributed by atoms with Gasteiger partial charge in [-0.25, -0.2) is 9.78 Å². The maximum absolute atomic E-state index is 13.1. The quantitative estimate of drug-likeness (QED) is 0.121. The highest BCUT2D eigenvalue weighted by Crippen LogP contribution is 2.07. The molecule has 15 heteroatoms. The monoisotopic (exact) mass is 546 g/mol. The van der Waals surface area contributed by atoms with Crippen LogP contribution in [0.1, 0.15) is 31.4 Å². The van der Waals surface area contributed by atoms with Crippen LogP contribution < -0.4 is 21.7 Å².